The number of rotatable bonds is 9. The van der Waals surface area contributed by atoms with Crippen LogP contribution in [0.4, 0.5) is 5.69 Å². The Kier molecular flexibility index (Phi) is 7.67. The SMILES string of the molecule is CCOc1ccc([C@@H](C)NC(=O)CN(c2ccc(C(C)C)cc2)S(C)(=O)=O)cc1. The summed E-state index contributed by atoms with van der Waals surface area (Å²) in [6, 6.07) is 14.4. The van der Waals surface area contributed by atoms with Crippen molar-refractivity contribution in [2.24, 2.45) is 0 Å². The van der Waals surface area contributed by atoms with Crippen molar-refractivity contribution in [3.63, 3.8) is 0 Å². The zero-order valence-electron chi connectivity index (χ0n) is 17.7. The summed E-state index contributed by atoms with van der Waals surface area (Å²) in [6.07, 6.45) is 1.10. The molecule has 0 aliphatic carbocycles. The molecule has 0 saturated carbocycles. The lowest BCUT2D eigenvalue weighted by Crippen LogP contribution is -2.41. The third-order valence-corrected chi connectivity index (χ3v) is 5.74. The molecule has 0 saturated heterocycles. The summed E-state index contributed by atoms with van der Waals surface area (Å²) in [7, 11) is -3.60. The fraction of sp³-hybridized carbons (Fsp3) is 0.409. The van der Waals surface area contributed by atoms with Gasteiger partial charge >= 0.3 is 0 Å². The van der Waals surface area contributed by atoms with E-state index in [1.165, 1.54) is 0 Å². The number of anilines is 1. The Morgan fingerprint density at radius 1 is 1.00 bits per heavy atom. The van der Waals surface area contributed by atoms with Gasteiger partial charge in [0.2, 0.25) is 15.9 Å². The van der Waals surface area contributed by atoms with Crippen molar-refractivity contribution >= 4 is 21.6 Å². The topological polar surface area (TPSA) is 75.7 Å². The predicted octanol–water partition coefficient (Wildman–Crippen LogP) is 3.85. The average Bonchev–Trinajstić information content (AvgIpc) is 2.66. The maximum atomic E-state index is 12.6. The first-order valence-corrected chi connectivity index (χ1v) is 11.6. The predicted molar refractivity (Wildman–Crippen MR) is 117 cm³/mol. The van der Waals surface area contributed by atoms with Gasteiger partial charge in [-0.2, -0.15) is 0 Å². The first-order valence-electron chi connectivity index (χ1n) is 9.71. The number of hydrogen-bond acceptors (Lipinski definition) is 4. The van der Waals surface area contributed by atoms with Gasteiger partial charge in [0.15, 0.2) is 0 Å². The van der Waals surface area contributed by atoms with E-state index in [1.54, 1.807) is 12.1 Å². The van der Waals surface area contributed by atoms with E-state index >= 15 is 0 Å². The van der Waals surface area contributed by atoms with Crippen molar-refractivity contribution < 1.29 is 17.9 Å². The molecule has 0 unspecified atom stereocenters. The lowest BCUT2D eigenvalue weighted by molar-refractivity contribution is -0.120. The molecule has 1 atom stereocenters. The molecule has 0 aliphatic rings. The van der Waals surface area contributed by atoms with Gasteiger partial charge in [0.05, 0.1) is 24.6 Å². The number of benzene rings is 2. The number of carbonyl (C=O) groups excluding carboxylic acids is 1. The Hall–Kier alpha value is -2.54. The number of hydrogen-bond donors (Lipinski definition) is 1. The van der Waals surface area contributed by atoms with Crippen LogP contribution in [-0.2, 0) is 14.8 Å². The first kappa shape index (κ1) is 22.7. The molecular weight excluding hydrogens is 388 g/mol. The van der Waals surface area contributed by atoms with E-state index < -0.39 is 10.0 Å². The highest BCUT2D eigenvalue weighted by atomic mass is 32.2. The van der Waals surface area contributed by atoms with Crippen molar-refractivity contribution in [3.05, 3.63) is 59.7 Å². The Morgan fingerprint density at radius 2 is 1.55 bits per heavy atom. The summed E-state index contributed by atoms with van der Waals surface area (Å²) in [6.45, 7) is 8.22. The summed E-state index contributed by atoms with van der Waals surface area (Å²) in [5.41, 5.74) is 2.49. The molecule has 0 spiro atoms. The quantitative estimate of drug-likeness (QED) is 0.671. The van der Waals surface area contributed by atoms with E-state index in [1.807, 2.05) is 50.2 Å². The Morgan fingerprint density at radius 3 is 2.03 bits per heavy atom. The lowest BCUT2D eigenvalue weighted by atomic mass is 10.0. The number of nitrogens with one attached hydrogen (secondary N) is 1. The third-order valence-electron chi connectivity index (χ3n) is 4.60. The molecule has 0 radical (unpaired) electrons. The van der Waals surface area contributed by atoms with Crippen molar-refractivity contribution in [2.75, 3.05) is 23.7 Å². The number of carbonyl (C=O) groups is 1. The normalized spacial score (nSPS) is 12.5. The molecule has 0 aliphatic heterocycles. The smallest absolute Gasteiger partial charge is 0.241 e. The van der Waals surface area contributed by atoms with Crippen molar-refractivity contribution in [3.8, 4) is 5.75 Å². The molecule has 0 heterocycles. The molecule has 7 heteroatoms. The van der Waals surface area contributed by atoms with Gasteiger partial charge < -0.3 is 10.1 Å². The zero-order chi connectivity index (χ0) is 21.6. The van der Waals surface area contributed by atoms with Crippen LogP contribution < -0.4 is 14.4 Å². The molecule has 0 bridgehead atoms. The van der Waals surface area contributed by atoms with E-state index in [0.717, 1.165) is 27.4 Å². The fourth-order valence-electron chi connectivity index (χ4n) is 2.95. The molecule has 1 amide bonds. The summed E-state index contributed by atoms with van der Waals surface area (Å²) in [4.78, 5) is 12.6. The van der Waals surface area contributed by atoms with E-state index in [-0.39, 0.29) is 18.5 Å². The van der Waals surface area contributed by atoms with Crippen molar-refractivity contribution in [1.29, 1.82) is 0 Å². The summed E-state index contributed by atoms with van der Waals surface area (Å²) < 4.78 is 31.1. The van der Waals surface area contributed by atoms with Gasteiger partial charge in [0, 0.05) is 0 Å². The van der Waals surface area contributed by atoms with Crippen LogP contribution in [0, 0.1) is 0 Å². The number of ether oxygens (including phenoxy) is 1. The maximum absolute atomic E-state index is 12.6. The van der Waals surface area contributed by atoms with Gasteiger partial charge in [-0.25, -0.2) is 8.42 Å². The Balaban J connectivity index is 2.09. The monoisotopic (exact) mass is 418 g/mol. The second kappa shape index (κ2) is 9.78. The van der Waals surface area contributed by atoms with Crippen LogP contribution >= 0.6 is 0 Å². The molecule has 158 valence electrons. The molecule has 2 aromatic rings. The molecule has 0 fully saturated rings. The van der Waals surface area contributed by atoms with Crippen LogP contribution in [0.3, 0.4) is 0 Å². The first-order chi connectivity index (χ1) is 13.6. The highest BCUT2D eigenvalue weighted by molar-refractivity contribution is 7.92. The van der Waals surface area contributed by atoms with Crippen LogP contribution in [0.5, 0.6) is 5.75 Å². The molecule has 29 heavy (non-hydrogen) atoms. The van der Waals surface area contributed by atoms with E-state index in [9.17, 15) is 13.2 Å². The molecule has 1 N–H and O–H groups in total. The van der Waals surface area contributed by atoms with Crippen molar-refractivity contribution in [2.45, 2.75) is 39.7 Å². The molecule has 2 aromatic carbocycles. The van der Waals surface area contributed by atoms with Gasteiger partial charge in [0.1, 0.15) is 12.3 Å². The van der Waals surface area contributed by atoms with E-state index in [2.05, 4.69) is 19.2 Å². The van der Waals surface area contributed by atoms with Gasteiger partial charge in [-0.1, -0.05) is 38.1 Å². The lowest BCUT2D eigenvalue weighted by Gasteiger charge is -2.23. The Labute approximate surface area is 173 Å². The van der Waals surface area contributed by atoms with Crippen LogP contribution in [0.2, 0.25) is 0 Å². The average molecular weight is 419 g/mol. The molecule has 2 rings (SSSR count). The van der Waals surface area contributed by atoms with E-state index in [4.69, 9.17) is 4.74 Å². The molecular formula is C22H30N2O4S. The van der Waals surface area contributed by atoms with Gasteiger partial charge in [-0.15, -0.1) is 0 Å². The van der Waals surface area contributed by atoms with Crippen LogP contribution in [-0.4, -0.2) is 33.7 Å². The summed E-state index contributed by atoms with van der Waals surface area (Å²) in [5, 5.41) is 2.86. The fourth-order valence-corrected chi connectivity index (χ4v) is 3.80. The number of sulfonamides is 1. The standard InChI is InChI=1S/C22H30N2O4S/c1-6-28-21-13-9-19(10-14-21)17(4)23-22(25)15-24(29(5,26)27)20-11-7-18(8-12-20)16(2)3/h7-14,16-17H,6,15H2,1-5H3,(H,23,25)/t17-/m1/s1. The van der Waals surface area contributed by atoms with Crippen LogP contribution in [0.25, 0.3) is 0 Å². The molecule has 6 nitrogen and oxygen atoms in total. The molecule has 0 aromatic heterocycles. The van der Waals surface area contributed by atoms with Gasteiger partial charge in [-0.3, -0.25) is 9.10 Å². The largest absolute Gasteiger partial charge is 0.494 e. The van der Waals surface area contributed by atoms with Gasteiger partial charge in [0.25, 0.3) is 0 Å². The van der Waals surface area contributed by atoms with Crippen LogP contribution in [0.1, 0.15) is 50.8 Å². The highest BCUT2D eigenvalue weighted by Gasteiger charge is 2.22. The summed E-state index contributed by atoms with van der Waals surface area (Å²) >= 11 is 0. The van der Waals surface area contributed by atoms with Crippen molar-refractivity contribution in [1.82, 2.24) is 5.32 Å². The second-order valence-corrected chi connectivity index (χ2v) is 9.21. The minimum Gasteiger partial charge on any atom is -0.494 e. The number of nitrogens with zero attached hydrogens (tertiary/aromatic N) is 1. The maximum Gasteiger partial charge on any atom is 0.241 e. The summed E-state index contributed by atoms with van der Waals surface area (Å²) in [5.74, 6) is 0.738. The van der Waals surface area contributed by atoms with E-state index in [0.29, 0.717) is 18.2 Å². The minimum atomic E-state index is -3.60. The highest BCUT2D eigenvalue weighted by Crippen LogP contribution is 2.22. The Bertz CT molecular complexity index is 907. The minimum absolute atomic E-state index is 0.261. The number of amides is 1. The third kappa shape index (κ3) is 6.49. The second-order valence-electron chi connectivity index (χ2n) is 7.31. The van der Waals surface area contributed by atoms with Crippen LogP contribution in [0.15, 0.2) is 48.5 Å². The zero-order valence-corrected chi connectivity index (χ0v) is 18.5. The van der Waals surface area contributed by atoms with Gasteiger partial charge in [-0.05, 0) is 55.2 Å².